The van der Waals surface area contributed by atoms with E-state index in [9.17, 15) is 9.59 Å². The second-order valence-electron chi connectivity index (χ2n) is 5.11. The van der Waals surface area contributed by atoms with Crippen molar-refractivity contribution in [2.24, 2.45) is 0 Å². The topological polar surface area (TPSA) is 62.3 Å². The number of hydrogen-bond acceptors (Lipinski definition) is 3. The van der Waals surface area contributed by atoms with Crippen LogP contribution in [0.4, 0.5) is 5.69 Å². The molecule has 0 bridgehead atoms. The van der Waals surface area contributed by atoms with Crippen molar-refractivity contribution < 1.29 is 9.59 Å². The maximum absolute atomic E-state index is 12.0. The fraction of sp³-hybridized carbons (Fsp3) is 0.235. The van der Waals surface area contributed by atoms with Crippen LogP contribution in [0.5, 0.6) is 0 Å². The summed E-state index contributed by atoms with van der Waals surface area (Å²) in [4.78, 5) is 29.4. The van der Waals surface area contributed by atoms with E-state index in [1.165, 1.54) is 6.92 Å². The van der Waals surface area contributed by atoms with E-state index in [0.717, 1.165) is 15.7 Å². The van der Waals surface area contributed by atoms with Gasteiger partial charge in [-0.2, -0.15) is 0 Å². The standard InChI is InChI=1S/C17H18BrN3O2/c1-13(22)21(12-14-3-2-9-19-11-14)10-8-17(23)20-16-6-4-15(18)5-7-16/h2-7,9,11H,8,10,12H2,1H3,(H,20,23). The Kier molecular flexibility index (Phi) is 6.29. The monoisotopic (exact) mass is 375 g/mol. The largest absolute Gasteiger partial charge is 0.338 e. The van der Waals surface area contributed by atoms with Crippen molar-refractivity contribution in [1.29, 1.82) is 0 Å². The smallest absolute Gasteiger partial charge is 0.226 e. The van der Waals surface area contributed by atoms with Gasteiger partial charge in [0.25, 0.3) is 0 Å². The molecule has 0 spiro atoms. The van der Waals surface area contributed by atoms with E-state index in [0.29, 0.717) is 13.1 Å². The van der Waals surface area contributed by atoms with Crippen LogP contribution in [0.15, 0.2) is 53.3 Å². The summed E-state index contributed by atoms with van der Waals surface area (Å²) in [6.45, 7) is 2.32. The predicted octanol–water partition coefficient (Wildman–Crippen LogP) is 3.22. The van der Waals surface area contributed by atoms with E-state index in [4.69, 9.17) is 0 Å². The minimum atomic E-state index is -0.121. The lowest BCUT2D eigenvalue weighted by molar-refractivity contribution is -0.129. The molecule has 2 rings (SSSR count). The molecule has 0 radical (unpaired) electrons. The van der Waals surface area contributed by atoms with Crippen LogP contribution in [0.25, 0.3) is 0 Å². The minimum Gasteiger partial charge on any atom is -0.338 e. The highest BCUT2D eigenvalue weighted by molar-refractivity contribution is 9.10. The first-order valence-electron chi connectivity index (χ1n) is 7.24. The Hall–Kier alpha value is -2.21. The molecule has 120 valence electrons. The van der Waals surface area contributed by atoms with Gasteiger partial charge in [0.2, 0.25) is 11.8 Å². The number of nitrogens with one attached hydrogen (secondary N) is 1. The summed E-state index contributed by atoms with van der Waals surface area (Å²) in [5.74, 6) is -0.185. The van der Waals surface area contributed by atoms with Gasteiger partial charge in [0.1, 0.15) is 0 Å². The van der Waals surface area contributed by atoms with Gasteiger partial charge in [-0.1, -0.05) is 22.0 Å². The van der Waals surface area contributed by atoms with E-state index < -0.39 is 0 Å². The third-order valence-corrected chi connectivity index (χ3v) is 3.81. The number of anilines is 1. The molecule has 1 aromatic heterocycles. The molecule has 0 saturated carbocycles. The molecule has 1 heterocycles. The molecule has 6 heteroatoms. The first-order chi connectivity index (χ1) is 11.0. The van der Waals surface area contributed by atoms with Crippen LogP contribution in [-0.2, 0) is 16.1 Å². The number of carbonyl (C=O) groups excluding carboxylic acids is 2. The number of hydrogen-bond donors (Lipinski definition) is 1. The van der Waals surface area contributed by atoms with E-state index in [-0.39, 0.29) is 18.2 Å². The highest BCUT2D eigenvalue weighted by atomic mass is 79.9. The van der Waals surface area contributed by atoms with Crippen LogP contribution in [0.1, 0.15) is 18.9 Å². The Labute approximate surface area is 143 Å². The zero-order chi connectivity index (χ0) is 16.7. The average Bonchev–Trinajstić information content (AvgIpc) is 2.54. The van der Waals surface area contributed by atoms with Crippen LogP contribution < -0.4 is 5.32 Å². The van der Waals surface area contributed by atoms with Crippen LogP contribution in [0.2, 0.25) is 0 Å². The molecule has 0 aliphatic heterocycles. The molecule has 23 heavy (non-hydrogen) atoms. The van der Waals surface area contributed by atoms with Crippen molar-refractivity contribution >= 4 is 33.4 Å². The van der Waals surface area contributed by atoms with Gasteiger partial charge in [-0.3, -0.25) is 14.6 Å². The maximum atomic E-state index is 12.0. The first-order valence-corrected chi connectivity index (χ1v) is 8.04. The second-order valence-corrected chi connectivity index (χ2v) is 6.02. The van der Waals surface area contributed by atoms with E-state index in [2.05, 4.69) is 26.2 Å². The number of amides is 2. The highest BCUT2D eigenvalue weighted by Gasteiger charge is 2.12. The number of pyridine rings is 1. The van der Waals surface area contributed by atoms with Gasteiger partial charge in [0.15, 0.2) is 0 Å². The summed E-state index contributed by atoms with van der Waals surface area (Å²) in [7, 11) is 0. The Morgan fingerprint density at radius 3 is 2.57 bits per heavy atom. The van der Waals surface area contributed by atoms with Crippen LogP contribution in [0, 0.1) is 0 Å². The SMILES string of the molecule is CC(=O)N(CCC(=O)Nc1ccc(Br)cc1)Cc1cccnc1. The zero-order valence-electron chi connectivity index (χ0n) is 12.8. The van der Waals surface area contributed by atoms with E-state index >= 15 is 0 Å². The summed E-state index contributed by atoms with van der Waals surface area (Å²) < 4.78 is 0.953. The van der Waals surface area contributed by atoms with Gasteiger partial charge in [0.05, 0.1) is 0 Å². The van der Waals surface area contributed by atoms with Crippen molar-refractivity contribution in [2.45, 2.75) is 19.9 Å². The van der Waals surface area contributed by atoms with Crippen molar-refractivity contribution in [2.75, 3.05) is 11.9 Å². The molecule has 2 aromatic rings. The fourth-order valence-corrected chi connectivity index (χ4v) is 2.32. The Morgan fingerprint density at radius 1 is 1.22 bits per heavy atom. The van der Waals surface area contributed by atoms with Gasteiger partial charge in [-0.25, -0.2) is 0 Å². The lowest BCUT2D eigenvalue weighted by atomic mass is 10.2. The summed E-state index contributed by atoms with van der Waals surface area (Å²) in [6.07, 6.45) is 3.65. The van der Waals surface area contributed by atoms with E-state index in [1.54, 1.807) is 17.3 Å². The quantitative estimate of drug-likeness (QED) is 0.842. The molecule has 1 N–H and O–H groups in total. The molecule has 1 aromatic carbocycles. The molecule has 0 saturated heterocycles. The van der Waals surface area contributed by atoms with Crippen LogP contribution in [0.3, 0.4) is 0 Å². The third kappa shape index (κ3) is 5.83. The van der Waals surface area contributed by atoms with Gasteiger partial charge in [0, 0.05) is 49.0 Å². The predicted molar refractivity (Wildman–Crippen MR) is 92.7 cm³/mol. The highest BCUT2D eigenvalue weighted by Crippen LogP contribution is 2.14. The number of aromatic nitrogens is 1. The third-order valence-electron chi connectivity index (χ3n) is 3.28. The molecular weight excluding hydrogens is 358 g/mol. The molecule has 0 unspecified atom stereocenters. The van der Waals surface area contributed by atoms with Crippen molar-refractivity contribution in [3.63, 3.8) is 0 Å². The summed E-state index contributed by atoms with van der Waals surface area (Å²) in [5, 5.41) is 2.82. The summed E-state index contributed by atoms with van der Waals surface area (Å²) in [6, 6.07) is 11.1. The summed E-state index contributed by atoms with van der Waals surface area (Å²) in [5.41, 5.74) is 1.68. The second kappa shape index (κ2) is 8.43. The van der Waals surface area contributed by atoms with Crippen LogP contribution >= 0.6 is 15.9 Å². The molecule has 0 atom stereocenters. The van der Waals surface area contributed by atoms with E-state index in [1.807, 2.05) is 36.4 Å². The summed E-state index contributed by atoms with van der Waals surface area (Å²) >= 11 is 3.35. The molecular formula is C17H18BrN3O2. The van der Waals surface area contributed by atoms with Crippen LogP contribution in [-0.4, -0.2) is 28.2 Å². The van der Waals surface area contributed by atoms with Gasteiger partial charge in [-0.15, -0.1) is 0 Å². The molecule has 5 nitrogen and oxygen atoms in total. The number of carbonyl (C=O) groups is 2. The van der Waals surface area contributed by atoms with Gasteiger partial charge in [-0.05, 0) is 35.9 Å². The Bertz CT molecular complexity index is 659. The lowest BCUT2D eigenvalue weighted by Gasteiger charge is -2.20. The van der Waals surface area contributed by atoms with Gasteiger partial charge < -0.3 is 10.2 Å². The minimum absolute atomic E-state index is 0.0645. The van der Waals surface area contributed by atoms with Gasteiger partial charge >= 0.3 is 0 Å². The number of benzene rings is 1. The van der Waals surface area contributed by atoms with Crippen molar-refractivity contribution in [3.05, 3.63) is 58.8 Å². The Morgan fingerprint density at radius 2 is 1.96 bits per heavy atom. The molecule has 0 fully saturated rings. The number of nitrogens with zero attached hydrogens (tertiary/aromatic N) is 2. The average molecular weight is 376 g/mol. The zero-order valence-corrected chi connectivity index (χ0v) is 14.4. The maximum Gasteiger partial charge on any atom is 0.226 e. The lowest BCUT2D eigenvalue weighted by Crippen LogP contribution is -2.31. The molecule has 0 aliphatic rings. The first kappa shape index (κ1) is 17.1. The van der Waals surface area contributed by atoms with Crippen molar-refractivity contribution in [1.82, 2.24) is 9.88 Å². The molecule has 0 aliphatic carbocycles. The molecule has 2 amide bonds. The Balaban J connectivity index is 1.87. The number of rotatable bonds is 6. The normalized spacial score (nSPS) is 10.2. The van der Waals surface area contributed by atoms with Crippen molar-refractivity contribution in [3.8, 4) is 0 Å². The fourth-order valence-electron chi connectivity index (χ4n) is 2.05. The number of halogens is 1.